The molecule has 6 heteroatoms. The minimum absolute atomic E-state index is 0.0429. The van der Waals surface area contributed by atoms with Crippen LogP contribution in [0.4, 0.5) is 0 Å². The number of aliphatic carboxylic acids is 1. The van der Waals surface area contributed by atoms with Gasteiger partial charge in [0, 0.05) is 26.4 Å². The van der Waals surface area contributed by atoms with E-state index in [-0.39, 0.29) is 11.8 Å². The highest BCUT2D eigenvalue weighted by molar-refractivity contribution is 5.83. The van der Waals surface area contributed by atoms with Crippen molar-refractivity contribution in [2.24, 2.45) is 0 Å². The molecule has 2 amide bonds. The van der Waals surface area contributed by atoms with Crippen LogP contribution in [0.1, 0.15) is 51.9 Å². The summed E-state index contributed by atoms with van der Waals surface area (Å²) in [4.78, 5) is 35.3. The number of nitrogens with one attached hydrogen (secondary N) is 1. The molecule has 0 saturated carbocycles. The van der Waals surface area contributed by atoms with Crippen LogP contribution < -0.4 is 5.32 Å². The molecule has 0 aromatic rings. The molecule has 6 nitrogen and oxygen atoms in total. The van der Waals surface area contributed by atoms with Crippen molar-refractivity contribution in [2.75, 3.05) is 13.1 Å². The second-order valence-corrected chi connectivity index (χ2v) is 5.23. The average molecular weight is 284 g/mol. The number of carboxylic acid groups (broad SMARTS) is 1. The van der Waals surface area contributed by atoms with Crippen molar-refractivity contribution in [3.8, 4) is 0 Å². The second kappa shape index (κ2) is 8.55. The van der Waals surface area contributed by atoms with Crippen LogP contribution in [0.3, 0.4) is 0 Å². The Morgan fingerprint density at radius 1 is 1.20 bits per heavy atom. The fourth-order valence-electron chi connectivity index (χ4n) is 2.47. The number of piperidine rings is 1. The van der Waals surface area contributed by atoms with E-state index in [1.54, 1.807) is 0 Å². The maximum Gasteiger partial charge on any atom is 0.326 e. The largest absolute Gasteiger partial charge is 0.480 e. The molecule has 0 unspecified atom stereocenters. The van der Waals surface area contributed by atoms with Crippen LogP contribution in [-0.4, -0.2) is 46.9 Å². The minimum Gasteiger partial charge on any atom is -0.480 e. The number of hydrogen-bond donors (Lipinski definition) is 2. The van der Waals surface area contributed by atoms with Gasteiger partial charge in [-0.25, -0.2) is 4.79 Å². The maximum atomic E-state index is 12.0. The van der Waals surface area contributed by atoms with Crippen molar-refractivity contribution in [1.29, 1.82) is 0 Å². The molecule has 0 aromatic heterocycles. The zero-order valence-electron chi connectivity index (χ0n) is 12.1. The summed E-state index contributed by atoms with van der Waals surface area (Å²) in [5.41, 5.74) is 0. The predicted molar refractivity (Wildman–Crippen MR) is 74.1 cm³/mol. The highest BCUT2D eigenvalue weighted by atomic mass is 16.4. The van der Waals surface area contributed by atoms with Crippen LogP contribution in [0.2, 0.25) is 0 Å². The quantitative estimate of drug-likeness (QED) is 0.687. The second-order valence-electron chi connectivity index (χ2n) is 5.23. The van der Waals surface area contributed by atoms with E-state index >= 15 is 0 Å². The maximum absolute atomic E-state index is 12.0. The van der Waals surface area contributed by atoms with Crippen molar-refractivity contribution < 1.29 is 19.5 Å². The van der Waals surface area contributed by atoms with Crippen molar-refractivity contribution in [3.63, 3.8) is 0 Å². The Bertz CT molecular complexity index is 357. The van der Waals surface area contributed by atoms with E-state index in [9.17, 15) is 14.4 Å². The first-order chi connectivity index (χ1) is 9.52. The summed E-state index contributed by atoms with van der Waals surface area (Å²) >= 11 is 0. The number of carbonyl (C=O) groups is 3. The van der Waals surface area contributed by atoms with E-state index in [1.807, 2.05) is 0 Å². The summed E-state index contributed by atoms with van der Waals surface area (Å²) < 4.78 is 0. The molecular formula is C14H24N2O4. The van der Waals surface area contributed by atoms with E-state index in [0.29, 0.717) is 25.9 Å². The number of carbonyl (C=O) groups excluding carboxylic acids is 2. The van der Waals surface area contributed by atoms with Gasteiger partial charge in [-0.05, 0) is 32.1 Å². The Morgan fingerprint density at radius 2 is 1.95 bits per heavy atom. The van der Waals surface area contributed by atoms with Gasteiger partial charge in [-0.1, -0.05) is 6.42 Å². The first-order valence-electron chi connectivity index (χ1n) is 7.29. The molecule has 0 aliphatic carbocycles. The molecule has 2 N–H and O–H groups in total. The van der Waals surface area contributed by atoms with E-state index in [1.165, 1.54) is 11.8 Å². The number of carboxylic acids is 1. The van der Waals surface area contributed by atoms with Gasteiger partial charge in [0.2, 0.25) is 11.8 Å². The third-order valence-corrected chi connectivity index (χ3v) is 3.55. The van der Waals surface area contributed by atoms with Crippen LogP contribution >= 0.6 is 0 Å². The molecule has 1 aliphatic rings. The third kappa shape index (κ3) is 5.59. The predicted octanol–water partition coefficient (Wildman–Crippen LogP) is 1.15. The SMILES string of the molecule is CC(=O)NCCCCCC(=O)N1CCCC[C@H]1C(=O)O. The third-order valence-electron chi connectivity index (χ3n) is 3.55. The van der Waals surface area contributed by atoms with E-state index in [2.05, 4.69) is 5.32 Å². The lowest BCUT2D eigenvalue weighted by Gasteiger charge is -2.33. The topological polar surface area (TPSA) is 86.7 Å². The number of unbranched alkanes of at least 4 members (excludes halogenated alkanes) is 2. The van der Waals surface area contributed by atoms with Crippen LogP contribution in [0.15, 0.2) is 0 Å². The lowest BCUT2D eigenvalue weighted by molar-refractivity contribution is -0.152. The standard InChI is InChI=1S/C14H24N2O4/c1-11(17)15-9-5-2-3-8-13(18)16-10-6-4-7-12(16)14(19)20/h12H,2-10H2,1H3,(H,15,17)(H,19,20)/t12-/m0/s1. The van der Waals surface area contributed by atoms with Crippen molar-refractivity contribution in [3.05, 3.63) is 0 Å². The number of hydrogen-bond acceptors (Lipinski definition) is 3. The molecule has 1 rings (SSSR count). The molecule has 20 heavy (non-hydrogen) atoms. The Hall–Kier alpha value is -1.59. The van der Waals surface area contributed by atoms with Gasteiger partial charge in [0.25, 0.3) is 0 Å². The smallest absolute Gasteiger partial charge is 0.326 e. The van der Waals surface area contributed by atoms with Crippen molar-refractivity contribution in [1.82, 2.24) is 10.2 Å². The van der Waals surface area contributed by atoms with Gasteiger partial charge in [-0.3, -0.25) is 9.59 Å². The van der Waals surface area contributed by atoms with Gasteiger partial charge in [-0.15, -0.1) is 0 Å². The minimum atomic E-state index is -0.899. The fraction of sp³-hybridized carbons (Fsp3) is 0.786. The van der Waals surface area contributed by atoms with Crippen LogP contribution in [0.5, 0.6) is 0 Å². The molecule has 114 valence electrons. The molecular weight excluding hydrogens is 260 g/mol. The Morgan fingerprint density at radius 3 is 2.60 bits per heavy atom. The van der Waals surface area contributed by atoms with E-state index in [4.69, 9.17) is 5.11 Å². The average Bonchev–Trinajstić information content (AvgIpc) is 2.42. The Kier molecular flexibility index (Phi) is 7.04. The van der Waals surface area contributed by atoms with Crippen LogP contribution in [-0.2, 0) is 14.4 Å². The van der Waals surface area contributed by atoms with Gasteiger partial charge in [0.15, 0.2) is 0 Å². The van der Waals surface area contributed by atoms with Gasteiger partial charge >= 0.3 is 5.97 Å². The molecule has 1 fully saturated rings. The van der Waals surface area contributed by atoms with E-state index < -0.39 is 12.0 Å². The number of nitrogens with zero attached hydrogens (tertiary/aromatic N) is 1. The lowest BCUT2D eigenvalue weighted by Crippen LogP contribution is -2.47. The Labute approximate surface area is 119 Å². The van der Waals surface area contributed by atoms with Crippen LogP contribution in [0.25, 0.3) is 0 Å². The molecule has 1 heterocycles. The highest BCUT2D eigenvalue weighted by Gasteiger charge is 2.31. The van der Waals surface area contributed by atoms with Gasteiger partial charge in [0.1, 0.15) is 6.04 Å². The zero-order valence-corrected chi connectivity index (χ0v) is 12.1. The van der Waals surface area contributed by atoms with Gasteiger partial charge in [0.05, 0.1) is 0 Å². The molecule has 1 aliphatic heterocycles. The Balaban J connectivity index is 2.23. The summed E-state index contributed by atoms with van der Waals surface area (Å²) in [5.74, 6) is -1.00. The molecule has 0 radical (unpaired) electrons. The first kappa shape index (κ1) is 16.5. The van der Waals surface area contributed by atoms with Crippen molar-refractivity contribution in [2.45, 2.75) is 57.9 Å². The molecule has 0 bridgehead atoms. The summed E-state index contributed by atoms with van der Waals surface area (Å²) in [6.07, 6.45) is 5.15. The monoisotopic (exact) mass is 284 g/mol. The van der Waals surface area contributed by atoms with E-state index in [0.717, 1.165) is 32.1 Å². The van der Waals surface area contributed by atoms with Crippen molar-refractivity contribution >= 4 is 17.8 Å². The van der Waals surface area contributed by atoms with Gasteiger partial charge in [-0.2, -0.15) is 0 Å². The number of rotatable bonds is 7. The molecule has 1 atom stereocenters. The summed E-state index contributed by atoms with van der Waals surface area (Å²) in [7, 11) is 0. The number of likely N-dealkylation sites (tertiary alicyclic amines) is 1. The first-order valence-corrected chi connectivity index (χ1v) is 7.29. The lowest BCUT2D eigenvalue weighted by atomic mass is 10.0. The zero-order chi connectivity index (χ0) is 15.0. The summed E-state index contributed by atoms with van der Waals surface area (Å²) in [6, 6.07) is -0.643. The number of amides is 2. The molecule has 0 aromatic carbocycles. The molecule has 1 saturated heterocycles. The summed E-state index contributed by atoms with van der Waals surface area (Å²) in [6.45, 7) is 2.67. The normalized spacial score (nSPS) is 18.6. The van der Waals surface area contributed by atoms with Crippen LogP contribution in [0, 0.1) is 0 Å². The fourth-order valence-corrected chi connectivity index (χ4v) is 2.47. The molecule has 0 spiro atoms. The summed E-state index contributed by atoms with van der Waals surface area (Å²) in [5, 5.41) is 11.8. The highest BCUT2D eigenvalue weighted by Crippen LogP contribution is 2.19. The van der Waals surface area contributed by atoms with Gasteiger partial charge < -0.3 is 15.3 Å².